The molecule has 0 unspecified atom stereocenters. The molecule has 2 aliphatic heterocycles. The molecule has 2 saturated heterocycles. The van der Waals surface area contributed by atoms with Gasteiger partial charge in [0.1, 0.15) is 17.1 Å². The molecular formula is C24H24ClN3O5. The predicted molar refractivity (Wildman–Crippen MR) is 126 cm³/mol. The van der Waals surface area contributed by atoms with E-state index in [0.717, 1.165) is 36.5 Å². The van der Waals surface area contributed by atoms with Crippen molar-refractivity contribution in [2.75, 3.05) is 37.1 Å². The summed E-state index contributed by atoms with van der Waals surface area (Å²) in [6.45, 7) is 3.52. The molecule has 0 bridgehead atoms. The topological polar surface area (TPSA) is 88.2 Å². The minimum Gasteiger partial charge on any atom is -0.496 e. The number of nitrogens with one attached hydrogen (secondary N) is 1. The Morgan fingerprint density at radius 1 is 1.00 bits per heavy atom. The lowest BCUT2D eigenvalue weighted by Crippen LogP contribution is -2.54. The molecule has 2 heterocycles. The summed E-state index contributed by atoms with van der Waals surface area (Å²) in [6.07, 6.45) is 3.60. The predicted octanol–water partition coefficient (Wildman–Crippen LogP) is 3.93. The van der Waals surface area contributed by atoms with Crippen molar-refractivity contribution in [2.45, 2.75) is 19.8 Å². The molecule has 8 nitrogen and oxygen atoms in total. The lowest BCUT2D eigenvalue weighted by atomic mass is 10.0. The fourth-order valence-electron chi connectivity index (χ4n) is 4.09. The maximum Gasteiger partial charge on any atom is 0.335 e. The largest absolute Gasteiger partial charge is 0.496 e. The molecule has 172 valence electrons. The Morgan fingerprint density at radius 2 is 1.70 bits per heavy atom. The summed E-state index contributed by atoms with van der Waals surface area (Å²) < 4.78 is 11.1. The van der Waals surface area contributed by atoms with Gasteiger partial charge in [-0.1, -0.05) is 17.7 Å². The minimum atomic E-state index is -0.832. The number of carbonyl (C=O) groups excluding carboxylic acids is 3. The smallest absolute Gasteiger partial charge is 0.335 e. The summed E-state index contributed by atoms with van der Waals surface area (Å²) in [5.74, 6) is -0.454. The molecule has 0 atom stereocenters. The van der Waals surface area contributed by atoms with Gasteiger partial charge in [0.2, 0.25) is 0 Å². The third-order valence-corrected chi connectivity index (χ3v) is 6.27. The van der Waals surface area contributed by atoms with Crippen LogP contribution in [0.4, 0.5) is 16.2 Å². The van der Waals surface area contributed by atoms with Crippen LogP contribution in [0.25, 0.3) is 6.08 Å². The number of benzene rings is 2. The van der Waals surface area contributed by atoms with Crippen LogP contribution in [0, 0.1) is 6.92 Å². The number of barbiturate groups is 1. The number of amides is 4. The second kappa shape index (κ2) is 9.15. The van der Waals surface area contributed by atoms with E-state index in [4.69, 9.17) is 21.1 Å². The van der Waals surface area contributed by atoms with Crippen LogP contribution >= 0.6 is 11.6 Å². The average molecular weight is 470 g/mol. The highest BCUT2D eigenvalue weighted by molar-refractivity contribution is 6.40. The van der Waals surface area contributed by atoms with Crippen molar-refractivity contribution in [3.63, 3.8) is 0 Å². The minimum absolute atomic E-state index is 0.205. The van der Waals surface area contributed by atoms with Gasteiger partial charge in [-0.3, -0.25) is 14.9 Å². The molecule has 0 radical (unpaired) electrons. The van der Waals surface area contributed by atoms with Crippen molar-refractivity contribution in [1.82, 2.24) is 5.32 Å². The van der Waals surface area contributed by atoms with Gasteiger partial charge in [-0.25, -0.2) is 9.69 Å². The number of methoxy groups -OCH3 is 2. The first kappa shape index (κ1) is 22.7. The molecule has 4 rings (SSSR count). The van der Waals surface area contributed by atoms with Crippen molar-refractivity contribution in [2.24, 2.45) is 0 Å². The van der Waals surface area contributed by atoms with Gasteiger partial charge in [-0.2, -0.15) is 0 Å². The van der Waals surface area contributed by atoms with Crippen LogP contribution in [0.5, 0.6) is 11.5 Å². The number of halogens is 1. The van der Waals surface area contributed by atoms with Gasteiger partial charge in [0.15, 0.2) is 0 Å². The van der Waals surface area contributed by atoms with E-state index in [9.17, 15) is 14.4 Å². The first-order valence-electron chi connectivity index (χ1n) is 10.5. The van der Waals surface area contributed by atoms with E-state index in [1.54, 1.807) is 38.3 Å². The Balaban J connectivity index is 1.78. The summed E-state index contributed by atoms with van der Waals surface area (Å²) in [7, 11) is 3.09. The number of urea groups is 1. The van der Waals surface area contributed by atoms with Crippen LogP contribution in [-0.4, -0.2) is 45.2 Å². The lowest BCUT2D eigenvalue weighted by Gasteiger charge is -2.28. The molecule has 2 fully saturated rings. The number of carbonyl (C=O) groups is 3. The molecule has 2 aromatic rings. The van der Waals surface area contributed by atoms with Crippen molar-refractivity contribution in [1.29, 1.82) is 0 Å². The quantitative estimate of drug-likeness (QED) is 0.527. The molecule has 0 saturated carbocycles. The Hall–Kier alpha value is -3.52. The highest BCUT2D eigenvalue weighted by atomic mass is 35.5. The van der Waals surface area contributed by atoms with E-state index < -0.39 is 17.8 Å². The molecule has 9 heteroatoms. The normalized spacial score (nSPS) is 17.6. The zero-order valence-electron chi connectivity index (χ0n) is 18.6. The number of imide groups is 2. The number of anilines is 2. The molecule has 0 spiro atoms. The second-order valence-corrected chi connectivity index (χ2v) is 8.21. The van der Waals surface area contributed by atoms with Crippen LogP contribution < -0.4 is 24.6 Å². The van der Waals surface area contributed by atoms with Gasteiger partial charge in [-0.15, -0.1) is 0 Å². The third-order valence-electron chi connectivity index (χ3n) is 5.86. The number of nitrogens with zero attached hydrogens (tertiary/aromatic N) is 2. The van der Waals surface area contributed by atoms with E-state index >= 15 is 0 Å². The van der Waals surface area contributed by atoms with E-state index in [-0.39, 0.29) is 5.57 Å². The second-order valence-electron chi connectivity index (χ2n) is 7.80. The molecule has 2 aromatic carbocycles. The van der Waals surface area contributed by atoms with Crippen LogP contribution in [-0.2, 0) is 9.59 Å². The van der Waals surface area contributed by atoms with E-state index in [1.807, 2.05) is 6.07 Å². The highest BCUT2D eigenvalue weighted by Crippen LogP contribution is 2.38. The van der Waals surface area contributed by atoms with Crippen LogP contribution in [0.1, 0.15) is 24.0 Å². The van der Waals surface area contributed by atoms with Gasteiger partial charge in [-0.05, 0) is 49.6 Å². The number of rotatable bonds is 5. The summed E-state index contributed by atoms with van der Waals surface area (Å²) in [4.78, 5) is 41.6. The van der Waals surface area contributed by atoms with Gasteiger partial charge < -0.3 is 14.4 Å². The Morgan fingerprint density at radius 3 is 2.36 bits per heavy atom. The van der Waals surface area contributed by atoms with Gasteiger partial charge >= 0.3 is 6.03 Å². The van der Waals surface area contributed by atoms with Gasteiger partial charge in [0.25, 0.3) is 11.8 Å². The van der Waals surface area contributed by atoms with Crippen molar-refractivity contribution in [3.05, 3.63) is 52.1 Å². The fourth-order valence-corrected chi connectivity index (χ4v) is 4.26. The molecule has 0 aliphatic carbocycles. The molecule has 0 aromatic heterocycles. The molecule has 33 heavy (non-hydrogen) atoms. The standard InChI is InChI=1S/C24H24ClN3O5/c1-14-17(25)7-6-8-18(14)28-23(30)16(22(29)26-24(28)31)11-15-12-21(33-3)19(13-20(15)32-2)27-9-4-5-10-27/h6-8,11-13H,4-5,9-10H2,1-3H3,(H,26,29,31)/b16-11+. The molecule has 4 amide bonds. The van der Waals surface area contributed by atoms with E-state index in [2.05, 4.69) is 10.2 Å². The number of hydrogen-bond donors (Lipinski definition) is 1. The molecular weight excluding hydrogens is 446 g/mol. The van der Waals surface area contributed by atoms with E-state index in [0.29, 0.717) is 33.3 Å². The van der Waals surface area contributed by atoms with E-state index in [1.165, 1.54) is 13.2 Å². The number of hydrogen-bond acceptors (Lipinski definition) is 6. The fraction of sp³-hybridized carbons (Fsp3) is 0.292. The summed E-state index contributed by atoms with van der Waals surface area (Å²) >= 11 is 6.18. The SMILES string of the molecule is COc1cc(N2CCCC2)c(OC)cc1/C=C1\C(=O)NC(=O)N(c2cccc(Cl)c2C)C1=O. The van der Waals surface area contributed by atoms with Crippen molar-refractivity contribution in [3.8, 4) is 11.5 Å². The van der Waals surface area contributed by atoms with Gasteiger partial charge in [0.05, 0.1) is 25.6 Å². The summed E-state index contributed by atoms with van der Waals surface area (Å²) in [5, 5.41) is 2.64. The maximum absolute atomic E-state index is 13.3. The maximum atomic E-state index is 13.3. The first-order chi connectivity index (χ1) is 15.8. The average Bonchev–Trinajstić information content (AvgIpc) is 3.33. The number of ether oxygens (including phenoxy) is 2. The zero-order valence-corrected chi connectivity index (χ0v) is 19.4. The van der Waals surface area contributed by atoms with Crippen LogP contribution in [0.15, 0.2) is 35.9 Å². The first-order valence-corrected chi connectivity index (χ1v) is 10.9. The molecule has 1 N–H and O–H groups in total. The third kappa shape index (κ3) is 4.14. The van der Waals surface area contributed by atoms with Crippen molar-refractivity contribution >= 4 is 46.9 Å². The molecule has 2 aliphatic rings. The van der Waals surface area contributed by atoms with Crippen molar-refractivity contribution < 1.29 is 23.9 Å². The Kier molecular flexibility index (Phi) is 6.29. The highest BCUT2D eigenvalue weighted by Gasteiger charge is 2.38. The van der Waals surface area contributed by atoms with Gasteiger partial charge in [0, 0.05) is 29.7 Å². The Labute approximate surface area is 196 Å². The summed E-state index contributed by atoms with van der Waals surface area (Å²) in [5.41, 5.74) is 2.01. The summed E-state index contributed by atoms with van der Waals surface area (Å²) in [6, 6.07) is 7.63. The Bertz CT molecular complexity index is 1170. The van der Waals surface area contributed by atoms with Crippen LogP contribution in [0.2, 0.25) is 5.02 Å². The van der Waals surface area contributed by atoms with Crippen LogP contribution in [0.3, 0.4) is 0 Å². The lowest BCUT2D eigenvalue weighted by molar-refractivity contribution is -0.122. The monoisotopic (exact) mass is 469 g/mol. The zero-order chi connectivity index (χ0) is 23.7.